The van der Waals surface area contributed by atoms with E-state index in [1.54, 1.807) is 24.3 Å². The lowest BCUT2D eigenvalue weighted by Crippen LogP contribution is -2.13. The van der Waals surface area contributed by atoms with Crippen molar-refractivity contribution in [3.63, 3.8) is 0 Å². The van der Waals surface area contributed by atoms with Gasteiger partial charge in [0.2, 0.25) is 5.91 Å². The van der Waals surface area contributed by atoms with Crippen LogP contribution >= 0.6 is 0 Å². The van der Waals surface area contributed by atoms with E-state index in [9.17, 15) is 9.59 Å². The molecular formula is C15H18N2O2. The maximum absolute atomic E-state index is 11.7. The van der Waals surface area contributed by atoms with Crippen molar-refractivity contribution in [2.45, 2.75) is 33.1 Å². The molecule has 0 spiro atoms. The fraction of sp³-hybridized carbons (Fsp3) is 0.400. The van der Waals surface area contributed by atoms with Crippen LogP contribution in [0.3, 0.4) is 0 Å². The molecule has 0 aliphatic heterocycles. The first kappa shape index (κ1) is 14.9. The Hall–Kier alpha value is -2.15. The lowest BCUT2D eigenvalue weighted by atomic mass is 10.0. The van der Waals surface area contributed by atoms with Gasteiger partial charge in [-0.3, -0.25) is 9.59 Å². The van der Waals surface area contributed by atoms with Crippen LogP contribution in [0, 0.1) is 17.2 Å². The third-order valence-corrected chi connectivity index (χ3v) is 2.97. The Balaban J connectivity index is 2.49. The number of nitrogens with one attached hydrogen (secondary N) is 1. The highest BCUT2D eigenvalue weighted by Gasteiger charge is 2.09. The van der Waals surface area contributed by atoms with Crippen LogP contribution in [0.4, 0.5) is 5.69 Å². The average molecular weight is 258 g/mol. The van der Waals surface area contributed by atoms with Crippen molar-refractivity contribution >= 4 is 17.4 Å². The third kappa shape index (κ3) is 4.92. The number of amides is 1. The number of hydrogen-bond acceptors (Lipinski definition) is 3. The van der Waals surface area contributed by atoms with Gasteiger partial charge in [-0.1, -0.05) is 6.92 Å². The molecule has 0 fully saturated rings. The Kier molecular flexibility index (Phi) is 5.74. The van der Waals surface area contributed by atoms with Gasteiger partial charge in [0, 0.05) is 23.6 Å². The zero-order chi connectivity index (χ0) is 14.3. The highest BCUT2D eigenvalue weighted by molar-refractivity contribution is 5.95. The van der Waals surface area contributed by atoms with E-state index in [-0.39, 0.29) is 17.6 Å². The predicted octanol–water partition coefficient (Wildman–Crippen LogP) is 3.16. The number of carbonyl (C=O) groups excluding carboxylic acids is 2. The highest BCUT2D eigenvalue weighted by Crippen LogP contribution is 2.13. The van der Waals surface area contributed by atoms with E-state index in [1.807, 2.05) is 6.92 Å². The molecule has 19 heavy (non-hydrogen) atoms. The van der Waals surface area contributed by atoms with Gasteiger partial charge in [0.15, 0.2) is 5.78 Å². The molecule has 4 heteroatoms. The lowest BCUT2D eigenvalue weighted by Gasteiger charge is -2.07. The van der Waals surface area contributed by atoms with Crippen molar-refractivity contribution in [2.24, 2.45) is 5.92 Å². The normalized spacial score (nSPS) is 11.4. The standard InChI is InChI=1S/C15H18N2O2/c1-3-12(10-16)4-9-15(19)17-14-7-5-13(6-8-14)11(2)18/h5-8,12H,3-4,9H2,1-2H3,(H,17,19). The Morgan fingerprint density at radius 2 is 1.95 bits per heavy atom. The van der Waals surface area contributed by atoms with Gasteiger partial charge in [-0.25, -0.2) is 0 Å². The number of nitriles is 1. The molecule has 1 aromatic carbocycles. The molecule has 4 nitrogen and oxygen atoms in total. The first-order valence-corrected chi connectivity index (χ1v) is 6.37. The van der Waals surface area contributed by atoms with Gasteiger partial charge in [0.05, 0.1) is 6.07 Å². The molecule has 0 aromatic heterocycles. The summed E-state index contributed by atoms with van der Waals surface area (Å²) in [7, 11) is 0. The van der Waals surface area contributed by atoms with Crippen molar-refractivity contribution in [1.82, 2.24) is 0 Å². The van der Waals surface area contributed by atoms with Crippen LogP contribution < -0.4 is 5.32 Å². The fourth-order valence-electron chi connectivity index (χ4n) is 1.68. The lowest BCUT2D eigenvalue weighted by molar-refractivity contribution is -0.116. The van der Waals surface area contributed by atoms with Gasteiger partial charge in [0.1, 0.15) is 0 Å². The van der Waals surface area contributed by atoms with Crippen molar-refractivity contribution < 1.29 is 9.59 Å². The molecule has 100 valence electrons. The van der Waals surface area contributed by atoms with Crippen LogP contribution in [0.25, 0.3) is 0 Å². The number of hydrogen-bond donors (Lipinski definition) is 1. The summed E-state index contributed by atoms with van der Waals surface area (Å²) in [5.74, 6) is -0.173. The van der Waals surface area contributed by atoms with Gasteiger partial charge in [0.25, 0.3) is 0 Å². The van der Waals surface area contributed by atoms with Crippen LogP contribution in [-0.4, -0.2) is 11.7 Å². The van der Waals surface area contributed by atoms with Gasteiger partial charge in [-0.2, -0.15) is 5.26 Å². The molecule has 1 aromatic rings. The summed E-state index contributed by atoms with van der Waals surface area (Å²) < 4.78 is 0. The van der Waals surface area contributed by atoms with E-state index in [2.05, 4.69) is 11.4 Å². The second-order valence-corrected chi connectivity index (χ2v) is 4.45. The molecule has 1 N–H and O–H groups in total. The Labute approximate surface area is 113 Å². The zero-order valence-electron chi connectivity index (χ0n) is 11.3. The molecule has 1 atom stereocenters. The van der Waals surface area contributed by atoms with Crippen LogP contribution in [0.15, 0.2) is 24.3 Å². The summed E-state index contributed by atoms with van der Waals surface area (Å²) in [5.41, 5.74) is 1.29. The quantitative estimate of drug-likeness (QED) is 0.797. The van der Waals surface area contributed by atoms with Crippen LogP contribution in [0.2, 0.25) is 0 Å². The molecule has 0 heterocycles. The first-order valence-electron chi connectivity index (χ1n) is 6.37. The van der Waals surface area contributed by atoms with Crippen molar-refractivity contribution in [2.75, 3.05) is 5.32 Å². The van der Waals surface area contributed by atoms with Crippen LogP contribution in [0.1, 0.15) is 43.5 Å². The summed E-state index contributed by atoms with van der Waals surface area (Å²) in [5, 5.41) is 11.5. The van der Waals surface area contributed by atoms with Crippen molar-refractivity contribution in [1.29, 1.82) is 5.26 Å². The van der Waals surface area contributed by atoms with Crippen molar-refractivity contribution in [3.05, 3.63) is 29.8 Å². The molecule has 1 amide bonds. The smallest absolute Gasteiger partial charge is 0.224 e. The Bertz CT molecular complexity index is 486. The molecule has 1 rings (SSSR count). The van der Waals surface area contributed by atoms with Gasteiger partial charge >= 0.3 is 0 Å². The van der Waals surface area contributed by atoms with E-state index < -0.39 is 0 Å². The van der Waals surface area contributed by atoms with Crippen molar-refractivity contribution in [3.8, 4) is 6.07 Å². The number of rotatable bonds is 6. The summed E-state index contributed by atoms with van der Waals surface area (Å²) in [6.45, 7) is 3.44. The number of benzene rings is 1. The molecular weight excluding hydrogens is 240 g/mol. The monoisotopic (exact) mass is 258 g/mol. The predicted molar refractivity (Wildman–Crippen MR) is 73.7 cm³/mol. The Morgan fingerprint density at radius 3 is 2.42 bits per heavy atom. The number of nitrogens with zero attached hydrogens (tertiary/aromatic N) is 1. The minimum absolute atomic E-state index is 0.00214. The summed E-state index contributed by atoms with van der Waals surface area (Å²) >= 11 is 0. The molecule has 0 aliphatic carbocycles. The number of anilines is 1. The Morgan fingerprint density at radius 1 is 1.32 bits per heavy atom. The summed E-state index contributed by atoms with van der Waals surface area (Å²) in [4.78, 5) is 22.8. The molecule has 0 saturated heterocycles. The van der Waals surface area contributed by atoms with E-state index in [1.165, 1.54) is 6.92 Å². The molecule has 0 radical (unpaired) electrons. The number of carbonyl (C=O) groups is 2. The van der Waals surface area contributed by atoms with E-state index in [0.717, 1.165) is 6.42 Å². The first-order chi connectivity index (χ1) is 9.06. The van der Waals surface area contributed by atoms with Gasteiger partial charge in [-0.15, -0.1) is 0 Å². The zero-order valence-corrected chi connectivity index (χ0v) is 11.3. The maximum Gasteiger partial charge on any atom is 0.224 e. The van der Waals surface area contributed by atoms with Crippen LogP contribution in [-0.2, 0) is 4.79 Å². The minimum Gasteiger partial charge on any atom is -0.326 e. The average Bonchev–Trinajstić information content (AvgIpc) is 2.40. The largest absolute Gasteiger partial charge is 0.326 e. The highest BCUT2D eigenvalue weighted by atomic mass is 16.1. The number of ketones is 1. The van der Waals surface area contributed by atoms with Gasteiger partial charge in [-0.05, 0) is 44.0 Å². The second-order valence-electron chi connectivity index (χ2n) is 4.45. The second kappa shape index (κ2) is 7.32. The molecule has 0 bridgehead atoms. The van der Waals surface area contributed by atoms with E-state index in [0.29, 0.717) is 24.1 Å². The maximum atomic E-state index is 11.7. The van der Waals surface area contributed by atoms with Crippen LogP contribution in [0.5, 0.6) is 0 Å². The van der Waals surface area contributed by atoms with E-state index >= 15 is 0 Å². The topological polar surface area (TPSA) is 70.0 Å². The number of Topliss-reactive ketones (excluding diaryl/α,β-unsaturated/α-hetero) is 1. The summed E-state index contributed by atoms with van der Waals surface area (Å²) in [6, 6.07) is 8.95. The molecule has 0 aliphatic rings. The fourth-order valence-corrected chi connectivity index (χ4v) is 1.68. The minimum atomic E-state index is -0.107. The molecule has 0 saturated carbocycles. The van der Waals surface area contributed by atoms with Gasteiger partial charge < -0.3 is 5.32 Å². The molecule has 1 unspecified atom stereocenters. The third-order valence-electron chi connectivity index (χ3n) is 2.97. The SMILES string of the molecule is CCC(C#N)CCC(=O)Nc1ccc(C(C)=O)cc1. The van der Waals surface area contributed by atoms with E-state index in [4.69, 9.17) is 5.26 Å². The summed E-state index contributed by atoms with van der Waals surface area (Å²) in [6.07, 6.45) is 1.67.